The fourth-order valence-electron chi connectivity index (χ4n) is 2.14. The lowest BCUT2D eigenvalue weighted by Gasteiger charge is -2.09. The number of halogens is 1. The lowest BCUT2D eigenvalue weighted by atomic mass is 10.1. The first-order valence-corrected chi connectivity index (χ1v) is 7.85. The molecular weight excluding hydrogens is 328 g/mol. The maximum atomic E-state index is 11.9. The van der Waals surface area contributed by atoms with Crippen LogP contribution in [0.15, 0.2) is 42.5 Å². The Morgan fingerprint density at radius 3 is 2.67 bits per heavy atom. The van der Waals surface area contributed by atoms with E-state index < -0.39 is 11.8 Å². The molecule has 2 amide bonds. The molecule has 0 aromatic heterocycles. The van der Waals surface area contributed by atoms with Gasteiger partial charge in [0, 0.05) is 17.3 Å². The van der Waals surface area contributed by atoms with E-state index in [4.69, 9.17) is 16.3 Å². The van der Waals surface area contributed by atoms with Crippen molar-refractivity contribution in [3.05, 3.63) is 58.6 Å². The summed E-state index contributed by atoms with van der Waals surface area (Å²) in [6.07, 6.45) is 0.604. The number of nitrogens with one attached hydrogen (secondary N) is 2. The molecule has 0 atom stereocenters. The number of amides is 2. The molecule has 0 unspecified atom stereocenters. The van der Waals surface area contributed by atoms with Gasteiger partial charge in [0.25, 0.3) is 0 Å². The van der Waals surface area contributed by atoms with Crippen LogP contribution < -0.4 is 15.4 Å². The lowest BCUT2D eigenvalue weighted by molar-refractivity contribution is -0.136. The Hall–Kier alpha value is -2.53. The minimum absolute atomic E-state index is 0.355. The van der Waals surface area contributed by atoms with Gasteiger partial charge in [-0.2, -0.15) is 0 Å². The molecule has 2 aromatic carbocycles. The number of carbonyl (C=O) groups is 2. The van der Waals surface area contributed by atoms with Crippen molar-refractivity contribution in [3.63, 3.8) is 0 Å². The van der Waals surface area contributed by atoms with E-state index in [1.807, 2.05) is 31.2 Å². The fourth-order valence-corrected chi connectivity index (χ4v) is 2.31. The third-order valence-electron chi connectivity index (χ3n) is 3.49. The molecule has 126 valence electrons. The van der Waals surface area contributed by atoms with Crippen LogP contribution in [0.3, 0.4) is 0 Å². The SMILES string of the molecule is COc1cccc(CCNC(=O)C(=O)Nc2cc(Cl)ccc2C)c1. The molecular formula is C18H19ClN2O3. The molecule has 0 bridgehead atoms. The van der Waals surface area contributed by atoms with E-state index in [0.717, 1.165) is 16.9 Å². The largest absolute Gasteiger partial charge is 0.497 e. The average Bonchev–Trinajstić information content (AvgIpc) is 2.58. The number of ether oxygens (including phenoxy) is 1. The van der Waals surface area contributed by atoms with Gasteiger partial charge >= 0.3 is 11.8 Å². The molecule has 0 fully saturated rings. The summed E-state index contributed by atoms with van der Waals surface area (Å²) in [6, 6.07) is 12.7. The van der Waals surface area contributed by atoms with Crippen LogP contribution in [0.2, 0.25) is 5.02 Å². The zero-order valence-corrected chi connectivity index (χ0v) is 14.3. The van der Waals surface area contributed by atoms with Gasteiger partial charge in [-0.05, 0) is 48.7 Å². The number of methoxy groups -OCH3 is 1. The summed E-state index contributed by atoms with van der Waals surface area (Å²) in [4.78, 5) is 23.8. The Bertz CT molecular complexity index is 747. The maximum absolute atomic E-state index is 11.9. The molecule has 2 N–H and O–H groups in total. The predicted octanol–water partition coefficient (Wildman–Crippen LogP) is 2.95. The summed E-state index contributed by atoms with van der Waals surface area (Å²) in [5.74, 6) is -0.642. The molecule has 2 aromatic rings. The highest BCUT2D eigenvalue weighted by atomic mass is 35.5. The minimum Gasteiger partial charge on any atom is -0.497 e. The Balaban J connectivity index is 1.85. The van der Waals surface area contributed by atoms with E-state index in [0.29, 0.717) is 23.7 Å². The Kier molecular flexibility index (Phi) is 6.21. The van der Waals surface area contributed by atoms with Gasteiger partial charge in [-0.15, -0.1) is 0 Å². The van der Waals surface area contributed by atoms with Crippen LogP contribution in [0.1, 0.15) is 11.1 Å². The second-order valence-electron chi connectivity index (χ2n) is 5.27. The van der Waals surface area contributed by atoms with Crippen molar-refractivity contribution in [3.8, 4) is 5.75 Å². The van der Waals surface area contributed by atoms with Gasteiger partial charge in [0.05, 0.1) is 7.11 Å². The average molecular weight is 347 g/mol. The summed E-state index contributed by atoms with van der Waals surface area (Å²) in [6.45, 7) is 2.18. The number of carbonyl (C=O) groups excluding carboxylic acids is 2. The van der Waals surface area contributed by atoms with Crippen LogP contribution >= 0.6 is 11.6 Å². The molecule has 5 nitrogen and oxygen atoms in total. The number of hydrogen-bond donors (Lipinski definition) is 2. The standard InChI is InChI=1S/C18H19ClN2O3/c1-12-6-7-14(19)11-16(12)21-18(23)17(22)20-9-8-13-4-3-5-15(10-13)24-2/h3-7,10-11H,8-9H2,1-2H3,(H,20,22)(H,21,23). The van der Waals surface area contributed by atoms with Crippen molar-refractivity contribution >= 4 is 29.1 Å². The zero-order chi connectivity index (χ0) is 17.5. The highest BCUT2D eigenvalue weighted by molar-refractivity contribution is 6.40. The molecule has 0 aliphatic carbocycles. The normalized spacial score (nSPS) is 10.1. The van der Waals surface area contributed by atoms with E-state index in [1.54, 1.807) is 25.3 Å². The van der Waals surface area contributed by atoms with Gasteiger partial charge in [0.2, 0.25) is 0 Å². The van der Waals surface area contributed by atoms with Crippen LogP contribution in [-0.4, -0.2) is 25.5 Å². The topological polar surface area (TPSA) is 67.4 Å². The number of rotatable bonds is 5. The summed E-state index contributed by atoms with van der Waals surface area (Å²) in [5.41, 5.74) is 2.37. The third-order valence-corrected chi connectivity index (χ3v) is 3.72. The molecule has 0 heterocycles. The molecule has 2 rings (SSSR count). The van der Waals surface area contributed by atoms with E-state index in [9.17, 15) is 9.59 Å². The van der Waals surface area contributed by atoms with Crippen molar-refractivity contribution in [2.24, 2.45) is 0 Å². The molecule has 0 aliphatic heterocycles. The smallest absolute Gasteiger partial charge is 0.313 e. The van der Waals surface area contributed by atoms with Crippen LogP contribution in [-0.2, 0) is 16.0 Å². The molecule has 0 saturated carbocycles. The second kappa shape index (κ2) is 8.36. The van der Waals surface area contributed by atoms with E-state index in [-0.39, 0.29) is 0 Å². The number of anilines is 1. The Morgan fingerprint density at radius 2 is 1.92 bits per heavy atom. The van der Waals surface area contributed by atoms with Gasteiger partial charge in [-0.1, -0.05) is 29.8 Å². The molecule has 6 heteroatoms. The van der Waals surface area contributed by atoms with E-state index in [1.165, 1.54) is 0 Å². The molecule has 0 radical (unpaired) electrons. The summed E-state index contributed by atoms with van der Waals surface area (Å²) < 4.78 is 5.15. The zero-order valence-electron chi connectivity index (χ0n) is 13.6. The monoisotopic (exact) mass is 346 g/mol. The highest BCUT2D eigenvalue weighted by Gasteiger charge is 2.14. The fraction of sp³-hybridized carbons (Fsp3) is 0.222. The maximum Gasteiger partial charge on any atom is 0.313 e. The molecule has 0 saturated heterocycles. The number of benzene rings is 2. The van der Waals surface area contributed by atoms with E-state index in [2.05, 4.69) is 10.6 Å². The van der Waals surface area contributed by atoms with Crippen molar-refractivity contribution in [1.29, 1.82) is 0 Å². The van der Waals surface area contributed by atoms with Crippen molar-refractivity contribution < 1.29 is 14.3 Å². The third kappa shape index (κ3) is 4.99. The van der Waals surface area contributed by atoms with Crippen LogP contribution in [0.25, 0.3) is 0 Å². The van der Waals surface area contributed by atoms with Gasteiger partial charge in [-0.25, -0.2) is 0 Å². The van der Waals surface area contributed by atoms with Crippen molar-refractivity contribution in [2.45, 2.75) is 13.3 Å². The first kappa shape index (κ1) is 17.8. The first-order valence-electron chi connectivity index (χ1n) is 7.48. The van der Waals surface area contributed by atoms with Crippen molar-refractivity contribution in [2.75, 3.05) is 19.0 Å². The molecule has 24 heavy (non-hydrogen) atoms. The van der Waals surface area contributed by atoms with E-state index >= 15 is 0 Å². The lowest BCUT2D eigenvalue weighted by Crippen LogP contribution is -2.36. The van der Waals surface area contributed by atoms with Crippen LogP contribution in [0, 0.1) is 6.92 Å². The van der Waals surface area contributed by atoms with Gasteiger partial charge in [-0.3, -0.25) is 9.59 Å². The predicted molar refractivity (Wildman–Crippen MR) is 94.5 cm³/mol. The summed E-state index contributed by atoms with van der Waals surface area (Å²) in [7, 11) is 1.60. The Labute approximate surface area is 146 Å². The van der Waals surface area contributed by atoms with Crippen LogP contribution in [0.4, 0.5) is 5.69 Å². The van der Waals surface area contributed by atoms with Gasteiger partial charge < -0.3 is 15.4 Å². The number of hydrogen-bond acceptors (Lipinski definition) is 3. The molecule has 0 spiro atoms. The Morgan fingerprint density at radius 1 is 1.12 bits per heavy atom. The second-order valence-corrected chi connectivity index (χ2v) is 5.71. The van der Waals surface area contributed by atoms with Crippen molar-refractivity contribution in [1.82, 2.24) is 5.32 Å². The summed E-state index contributed by atoms with van der Waals surface area (Å²) >= 11 is 5.89. The quantitative estimate of drug-likeness (QED) is 0.818. The highest BCUT2D eigenvalue weighted by Crippen LogP contribution is 2.20. The minimum atomic E-state index is -0.717. The molecule has 0 aliphatic rings. The van der Waals surface area contributed by atoms with Gasteiger partial charge in [0.1, 0.15) is 5.75 Å². The number of aryl methyl sites for hydroxylation is 1. The summed E-state index contributed by atoms with van der Waals surface area (Å²) in [5, 5.41) is 5.65. The first-order chi connectivity index (χ1) is 11.5. The van der Waals surface area contributed by atoms with Crippen LogP contribution in [0.5, 0.6) is 5.75 Å². The van der Waals surface area contributed by atoms with Gasteiger partial charge in [0.15, 0.2) is 0 Å².